The van der Waals surface area contributed by atoms with Gasteiger partial charge in [0.2, 0.25) is 11.8 Å². The molecule has 1 aliphatic carbocycles. The van der Waals surface area contributed by atoms with Crippen LogP contribution in [0.3, 0.4) is 0 Å². The van der Waals surface area contributed by atoms with Crippen LogP contribution in [-0.4, -0.2) is 72.2 Å². The molecular formula is C33H53N4O7P. The van der Waals surface area contributed by atoms with Gasteiger partial charge in [-0.1, -0.05) is 90.1 Å². The van der Waals surface area contributed by atoms with Gasteiger partial charge < -0.3 is 35.6 Å². The van der Waals surface area contributed by atoms with Gasteiger partial charge in [-0.2, -0.15) is 0 Å². The standard InChI is InChI=1S/C33H53N4O7P/c1-5-33(6-2,24-15-11-8-12-16-24)26(20-45(42,43)44)31(40)37-28(18-25-19-34-21-35-25)32(41)36-27(30(39)29(38)22(3)4)17-23-13-9-7-10-14-23/h8,11-12,15-16,19,21-23,26-30,38-39H,5-7,9-10,13-14,17-18,20H2,1-4H3,(H,34,35)(H,36,41)(H,37,40)(H2,42,43,44)/t26-,27+,28+,29+,30-/m1/s1. The number of aromatic nitrogens is 2. The van der Waals surface area contributed by atoms with Crippen LogP contribution in [0.15, 0.2) is 42.9 Å². The fourth-order valence-corrected chi connectivity index (χ4v) is 7.93. The predicted octanol–water partition coefficient (Wildman–Crippen LogP) is 3.82. The number of nitrogens with one attached hydrogen (secondary N) is 3. The number of hydrogen-bond donors (Lipinski definition) is 7. The number of carbonyl (C=O) groups is 2. The Bertz CT molecular complexity index is 1230. The number of rotatable bonds is 17. The summed E-state index contributed by atoms with van der Waals surface area (Å²) in [6, 6.07) is 7.32. The van der Waals surface area contributed by atoms with Gasteiger partial charge >= 0.3 is 7.60 Å². The van der Waals surface area contributed by atoms with E-state index in [0.29, 0.717) is 25.0 Å². The number of aromatic amines is 1. The van der Waals surface area contributed by atoms with Crippen molar-refractivity contribution in [2.75, 3.05) is 6.16 Å². The SMILES string of the molecule is CCC(CC)(c1ccccc1)[C@H](CP(=O)(O)O)C(=O)N[C@@H](Cc1c[nH]cn1)C(=O)N[C@@H](CC1CCCCC1)[C@@H](O)[C@@H](O)C(C)C. The first-order valence-corrected chi connectivity index (χ1v) is 18.2. The molecule has 7 N–H and O–H groups in total. The topological polar surface area (TPSA) is 185 Å². The monoisotopic (exact) mass is 648 g/mol. The minimum absolute atomic E-state index is 0.0132. The fourth-order valence-electron chi connectivity index (χ4n) is 6.94. The van der Waals surface area contributed by atoms with Crippen LogP contribution in [0.1, 0.15) is 90.3 Å². The van der Waals surface area contributed by atoms with Crippen molar-refractivity contribution in [2.24, 2.45) is 17.8 Å². The van der Waals surface area contributed by atoms with Gasteiger partial charge in [-0.05, 0) is 36.7 Å². The number of benzene rings is 1. The minimum Gasteiger partial charge on any atom is -0.390 e. The highest BCUT2D eigenvalue weighted by molar-refractivity contribution is 7.51. The molecule has 1 fully saturated rings. The molecule has 2 aromatic rings. The minimum atomic E-state index is -4.66. The van der Waals surface area contributed by atoms with Crippen molar-refractivity contribution in [3.8, 4) is 0 Å². The van der Waals surface area contributed by atoms with Gasteiger partial charge in [0.05, 0.1) is 36.2 Å². The van der Waals surface area contributed by atoms with Crippen molar-refractivity contribution in [3.63, 3.8) is 0 Å². The molecular weight excluding hydrogens is 595 g/mol. The number of aliphatic hydroxyl groups is 2. The Morgan fingerprint density at radius 3 is 2.18 bits per heavy atom. The Labute approximate surface area is 267 Å². The zero-order valence-corrected chi connectivity index (χ0v) is 28.0. The first-order chi connectivity index (χ1) is 21.3. The molecule has 0 bridgehead atoms. The summed E-state index contributed by atoms with van der Waals surface area (Å²) < 4.78 is 12.4. The number of imidazole rings is 1. The van der Waals surface area contributed by atoms with Gasteiger partial charge in [0, 0.05) is 18.0 Å². The second-order valence-electron chi connectivity index (χ2n) is 13.0. The molecule has 0 unspecified atom stereocenters. The molecule has 1 aromatic carbocycles. The number of hydrogen-bond acceptors (Lipinski definition) is 6. The largest absolute Gasteiger partial charge is 0.390 e. The van der Waals surface area contributed by atoms with Crippen molar-refractivity contribution in [1.82, 2.24) is 20.6 Å². The van der Waals surface area contributed by atoms with Gasteiger partial charge in [-0.25, -0.2) is 4.98 Å². The highest BCUT2D eigenvalue weighted by atomic mass is 31.2. The maximum Gasteiger partial charge on any atom is 0.326 e. The van der Waals surface area contributed by atoms with Crippen molar-refractivity contribution in [3.05, 3.63) is 54.1 Å². The number of amides is 2. The molecule has 252 valence electrons. The van der Waals surface area contributed by atoms with E-state index in [4.69, 9.17) is 0 Å². The predicted molar refractivity (Wildman–Crippen MR) is 173 cm³/mol. The van der Waals surface area contributed by atoms with E-state index in [0.717, 1.165) is 37.7 Å². The molecule has 0 spiro atoms. The summed E-state index contributed by atoms with van der Waals surface area (Å²) in [6.07, 6.45) is 6.74. The van der Waals surface area contributed by atoms with Crippen molar-refractivity contribution >= 4 is 19.4 Å². The molecule has 2 amide bonds. The average molecular weight is 649 g/mol. The summed E-state index contributed by atoms with van der Waals surface area (Å²) in [6.45, 7) is 7.38. The van der Waals surface area contributed by atoms with E-state index < -0.39 is 61.2 Å². The first-order valence-electron chi connectivity index (χ1n) is 16.4. The molecule has 0 radical (unpaired) electrons. The smallest absolute Gasteiger partial charge is 0.326 e. The summed E-state index contributed by atoms with van der Waals surface area (Å²) in [4.78, 5) is 55.5. The second-order valence-corrected chi connectivity index (χ2v) is 14.7. The van der Waals surface area contributed by atoms with E-state index in [2.05, 4.69) is 20.6 Å². The Hall–Kier alpha value is -2.56. The Balaban J connectivity index is 1.96. The third-order valence-corrected chi connectivity index (χ3v) is 10.5. The Kier molecular flexibility index (Phi) is 13.8. The Morgan fingerprint density at radius 1 is 1.00 bits per heavy atom. The normalized spacial score (nSPS) is 18.2. The lowest BCUT2D eigenvalue weighted by Crippen LogP contribution is -2.58. The van der Waals surface area contributed by atoms with E-state index in [-0.39, 0.29) is 18.3 Å². The van der Waals surface area contributed by atoms with Gasteiger partial charge in [0.25, 0.3) is 0 Å². The summed E-state index contributed by atoms with van der Waals surface area (Å²) in [7, 11) is -4.66. The molecule has 1 aromatic heterocycles. The molecule has 0 aliphatic heterocycles. The lowest BCUT2D eigenvalue weighted by Gasteiger charge is -2.40. The highest BCUT2D eigenvalue weighted by Crippen LogP contribution is 2.47. The van der Waals surface area contributed by atoms with Gasteiger partial charge in [-0.15, -0.1) is 0 Å². The van der Waals surface area contributed by atoms with Crippen LogP contribution in [0.2, 0.25) is 0 Å². The van der Waals surface area contributed by atoms with Crippen LogP contribution in [0.25, 0.3) is 0 Å². The molecule has 1 aliphatic rings. The van der Waals surface area contributed by atoms with Gasteiger partial charge in [0.15, 0.2) is 0 Å². The van der Waals surface area contributed by atoms with Gasteiger partial charge in [-0.3, -0.25) is 14.2 Å². The lowest BCUT2D eigenvalue weighted by atomic mass is 9.66. The van der Waals surface area contributed by atoms with E-state index in [9.17, 15) is 34.2 Å². The summed E-state index contributed by atoms with van der Waals surface area (Å²) in [5, 5.41) is 27.8. The zero-order valence-electron chi connectivity index (χ0n) is 27.1. The fraction of sp³-hybridized carbons (Fsp3) is 0.667. The van der Waals surface area contributed by atoms with Crippen LogP contribution in [0.5, 0.6) is 0 Å². The highest BCUT2D eigenvalue weighted by Gasteiger charge is 2.46. The van der Waals surface area contributed by atoms with Crippen molar-refractivity contribution < 1.29 is 34.2 Å². The molecule has 12 heteroatoms. The molecule has 1 heterocycles. The van der Waals surface area contributed by atoms with Crippen LogP contribution in [-0.2, 0) is 26.0 Å². The van der Waals surface area contributed by atoms with Crippen LogP contribution >= 0.6 is 7.60 Å². The summed E-state index contributed by atoms with van der Waals surface area (Å²) in [5.41, 5.74) is 0.394. The van der Waals surface area contributed by atoms with Crippen LogP contribution in [0.4, 0.5) is 0 Å². The maximum atomic E-state index is 14.2. The number of H-pyrrole nitrogens is 1. The van der Waals surface area contributed by atoms with Crippen molar-refractivity contribution in [2.45, 2.75) is 115 Å². The molecule has 3 rings (SSSR count). The molecule has 5 atom stereocenters. The summed E-state index contributed by atoms with van der Waals surface area (Å²) >= 11 is 0. The maximum absolute atomic E-state index is 14.2. The molecule has 45 heavy (non-hydrogen) atoms. The van der Waals surface area contributed by atoms with E-state index >= 15 is 0 Å². The first kappa shape index (κ1) is 36.9. The average Bonchev–Trinajstić information content (AvgIpc) is 3.53. The lowest BCUT2D eigenvalue weighted by molar-refractivity contribution is -0.133. The van der Waals surface area contributed by atoms with Crippen LogP contribution in [0, 0.1) is 17.8 Å². The number of carbonyl (C=O) groups excluding carboxylic acids is 2. The quantitative estimate of drug-likeness (QED) is 0.126. The van der Waals surface area contributed by atoms with Crippen LogP contribution < -0.4 is 10.6 Å². The summed E-state index contributed by atoms with van der Waals surface area (Å²) in [5.74, 6) is -2.31. The van der Waals surface area contributed by atoms with E-state index in [1.54, 1.807) is 20.0 Å². The molecule has 11 nitrogen and oxygen atoms in total. The third-order valence-electron chi connectivity index (χ3n) is 9.70. The molecule has 1 saturated carbocycles. The zero-order chi connectivity index (χ0) is 33.2. The Morgan fingerprint density at radius 2 is 1.64 bits per heavy atom. The van der Waals surface area contributed by atoms with E-state index in [1.165, 1.54) is 6.33 Å². The van der Waals surface area contributed by atoms with E-state index in [1.807, 2.05) is 44.2 Å². The second kappa shape index (κ2) is 16.8. The molecule has 0 saturated heterocycles. The van der Waals surface area contributed by atoms with Gasteiger partial charge in [0.1, 0.15) is 12.1 Å². The number of nitrogens with zero attached hydrogens (tertiary/aromatic N) is 1. The third kappa shape index (κ3) is 10.2. The van der Waals surface area contributed by atoms with Crippen molar-refractivity contribution in [1.29, 1.82) is 0 Å². The number of aliphatic hydroxyl groups excluding tert-OH is 2.